The molecule has 0 unspecified atom stereocenters. The molecule has 2 heterocycles. The number of pyridine rings is 1. The van der Waals surface area contributed by atoms with Gasteiger partial charge in [-0.25, -0.2) is 9.18 Å². The molecule has 0 aliphatic rings. The molecule has 24 heavy (non-hydrogen) atoms. The number of carbonyl (C=O) groups is 2. The van der Waals surface area contributed by atoms with Gasteiger partial charge in [-0.3, -0.25) is 9.59 Å². The van der Waals surface area contributed by atoms with Crippen molar-refractivity contribution < 1.29 is 24.2 Å². The fourth-order valence-electron chi connectivity index (χ4n) is 2.52. The molecular weight excluding hydrogens is 361 g/mol. The Hall–Kier alpha value is -2.45. The predicted octanol–water partition coefficient (Wildman–Crippen LogP) is 3.02. The number of carboxylic acids is 2. The van der Waals surface area contributed by atoms with Gasteiger partial charge in [-0.2, -0.15) is 0 Å². The molecule has 0 saturated heterocycles. The van der Waals surface area contributed by atoms with Crippen LogP contribution in [0, 0.1) is 5.82 Å². The Labute approximate surface area is 142 Å². The number of fused-ring (bicyclic) bond motifs is 3. The average Bonchev–Trinajstić information content (AvgIpc) is 2.90. The van der Waals surface area contributed by atoms with Crippen molar-refractivity contribution in [3.8, 4) is 0 Å². The topological polar surface area (TPSA) is 96.1 Å². The fraction of sp³-hybridized carbons (Fsp3) is 0.133. The molecule has 3 rings (SSSR count). The van der Waals surface area contributed by atoms with Crippen molar-refractivity contribution in [3.63, 3.8) is 0 Å². The Morgan fingerprint density at radius 1 is 1.29 bits per heavy atom. The minimum absolute atomic E-state index is 0.123. The smallest absolute Gasteiger partial charge is 0.342 e. The zero-order chi connectivity index (χ0) is 17.6. The standard InChI is InChI=1S/C15H9ClFNO5S/c16-8-4-10-7(3-9(8)17)13(21)12(15(22)23)14-18(10)6(5-24-14)1-2-11(19)20/h3-5H,1-2H2,(H,19,20)(H,22,23). The van der Waals surface area contributed by atoms with Crippen molar-refractivity contribution in [3.05, 3.63) is 49.8 Å². The first-order valence-electron chi connectivity index (χ1n) is 6.70. The molecule has 9 heteroatoms. The van der Waals surface area contributed by atoms with Crippen LogP contribution in [0.25, 0.3) is 15.7 Å². The number of aryl methyl sites for hydroxylation is 1. The van der Waals surface area contributed by atoms with Crippen LogP contribution in [0.5, 0.6) is 0 Å². The molecule has 0 radical (unpaired) electrons. The monoisotopic (exact) mass is 369 g/mol. The zero-order valence-electron chi connectivity index (χ0n) is 11.9. The summed E-state index contributed by atoms with van der Waals surface area (Å²) in [6, 6.07) is 2.14. The van der Waals surface area contributed by atoms with Crippen LogP contribution in [-0.2, 0) is 11.2 Å². The third-order valence-corrected chi connectivity index (χ3v) is 4.86. The minimum Gasteiger partial charge on any atom is -0.481 e. The summed E-state index contributed by atoms with van der Waals surface area (Å²) in [6.07, 6.45) is -0.0435. The van der Waals surface area contributed by atoms with Crippen LogP contribution in [-0.4, -0.2) is 26.6 Å². The molecule has 0 fully saturated rings. The second-order valence-electron chi connectivity index (χ2n) is 5.05. The maximum absolute atomic E-state index is 13.7. The van der Waals surface area contributed by atoms with E-state index in [0.717, 1.165) is 17.4 Å². The largest absolute Gasteiger partial charge is 0.481 e. The van der Waals surface area contributed by atoms with Crippen molar-refractivity contribution in [2.45, 2.75) is 12.8 Å². The van der Waals surface area contributed by atoms with Gasteiger partial charge in [0.05, 0.1) is 22.3 Å². The van der Waals surface area contributed by atoms with Crippen LogP contribution in [0.3, 0.4) is 0 Å². The summed E-state index contributed by atoms with van der Waals surface area (Å²) in [5.74, 6) is -3.27. The van der Waals surface area contributed by atoms with Crippen molar-refractivity contribution >= 4 is 50.6 Å². The molecular formula is C15H9ClFNO5S. The third kappa shape index (κ3) is 2.53. The highest BCUT2D eigenvalue weighted by molar-refractivity contribution is 7.16. The summed E-state index contributed by atoms with van der Waals surface area (Å²) in [5.41, 5.74) is -0.531. The SMILES string of the molecule is O=C(O)CCc1csc2c(C(=O)O)c(=O)c3cc(F)c(Cl)cc3n12. The van der Waals surface area contributed by atoms with Gasteiger partial charge < -0.3 is 14.6 Å². The Morgan fingerprint density at radius 3 is 2.62 bits per heavy atom. The minimum atomic E-state index is -1.43. The van der Waals surface area contributed by atoms with Crippen molar-refractivity contribution in [1.29, 1.82) is 0 Å². The Balaban J connectivity index is 2.47. The predicted molar refractivity (Wildman–Crippen MR) is 86.9 cm³/mol. The van der Waals surface area contributed by atoms with Crippen molar-refractivity contribution in [1.82, 2.24) is 4.40 Å². The van der Waals surface area contributed by atoms with Gasteiger partial charge in [0, 0.05) is 11.1 Å². The number of nitrogens with zero attached hydrogens (tertiary/aromatic N) is 1. The number of aromatic nitrogens is 1. The number of rotatable bonds is 4. The van der Waals surface area contributed by atoms with Crippen LogP contribution in [0.4, 0.5) is 4.39 Å². The van der Waals surface area contributed by atoms with Gasteiger partial charge in [-0.05, 0) is 18.6 Å². The number of aromatic carboxylic acids is 1. The molecule has 124 valence electrons. The number of aliphatic carboxylic acids is 1. The maximum Gasteiger partial charge on any atom is 0.342 e. The van der Waals surface area contributed by atoms with Crippen molar-refractivity contribution in [2.75, 3.05) is 0 Å². The zero-order valence-corrected chi connectivity index (χ0v) is 13.4. The summed E-state index contributed by atoms with van der Waals surface area (Å²) >= 11 is 6.80. The van der Waals surface area contributed by atoms with Crippen LogP contribution in [0.2, 0.25) is 5.02 Å². The number of benzene rings is 1. The van der Waals surface area contributed by atoms with Gasteiger partial charge in [0.25, 0.3) is 0 Å². The van der Waals surface area contributed by atoms with Gasteiger partial charge in [-0.15, -0.1) is 11.3 Å². The van der Waals surface area contributed by atoms with Gasteiger partial charge in [0.2, 0.25) is 5.43 Å². The molecule has 3 aromatic rings. The average molecular weight is 370 g/mol. The molecule has 0 aliphatic heterocycles. The normalized spacial score (nSPS) is 11.2. The molecule has 2 aromatic heterocycles. The summed E-state index contributed by atoms with van der Waals surface area (Å²) < 4.78 is 15.2. The number of hydrogen-bond donors (Lipinski definition) is 2. The van der Waals surface area contributed by atoms with E-state index in [1.54, 1.807) is 5.38 Å². The lowest BCUT2D eigenvalue weighted by atomic mass is 10.1. The first-order valence-corrected chi connectivity index (χ1v) is 7.96. The van der Waals surface area contributed by atoms with E-state index in [-0.39, 0.29) is 33.6 Å². The highest BCUT2D eigenvalue weighted by atomic mass is 35.5. The molecule has 0 aliphatic carbocycles. The Morgan fingerprint density at radius 2 is 2.00 bits per heavy atom. The van der Waals surface area contributed by atoms with E-state index in [1.807, 2.05) is 0 Å². The van der Waals surface area contributed by atoms with Gasteiger partial charge in [0.1, 0.15) is 16.2 Å². The number of halogens is 2. The van der Waals surface area contributed by atoms with E-state index >= 15 is 0 Å². The Bertz CT molecular complexity index is 1070. The lowest BCUT2D eigenvalue weighted by Crippen LogP contribution is -2.18. The van der Waals surface area contributed by atoms with E-state index in [1.165, 1.54) is 10.5 Å². The fourth-order valence-corrected chi connectivity index (χ4v) is 3.77. The van der Waals surface area contributed by atoms with Crippen molar-refractivity contribution in [2.24, 2.45) is 0 Å². The maximum atomic E-state index is 13.7. The second kappa shape index (κ2) is 5.88. The van der Waals surface area contributed by atoms with E-state index in [2.05, 4.69) is 0 Å². The third-order valence-electron chi connectivity index (χ3n) is 3.57. The van der Waals surface area contributed by atoms with Crippen LogP contribution < -0.4 is 5.43 Å². The summed E-state index contributed by atoms with van der Waals surface area (Å²) in [5, 5.41) is 19.4. The highest BCUT2D eigenvalue weighted by Crippen LogP contribution is 2.28. The van der Waals surface area contributed by atoms with Crippen LogP contribution in [0.15, 0.2) is 22.3 Å². The number of carboxylic acid groups (broad SMARTS) is 2. The van der Waals surface area contributed by atoms with E-state index in [0.29, 0.717) is 5.69 Å². The highest BCUT2D eigenvalue weighted by Gasteiger charge is 2.22. The quantitative estimate of drug-likeness (QED) is 0.737. The van der Waals surface area contributed by atoms with Crippen LogP contribution >= 0.6 is 22.9 Å². The van der Waals surface area contributed by atoms with Gasteiger partial charge >= 0.3 is 11.9 Å². The molecule has 0 amide bonds. The molecule has 2 N–H and O–H groups in total. The summed E-state index contributed by atoms with van der Waals surface area (Å²) in [6.45, 7) is 0. The first-order chi connectivity index (χ1) is 11.3. The molecule has 1 aromatic carbocycles. The summed E-state index contributed by atoms with van der Waals surface area (Å²) in [7, 11) is 0. The van der Waals surface area contributed by atoms with E-state index in [9.17, 15) is 23.9 Å². The second-order valence-corrected chi connectivity index (χ2v) is 6.32. The summed E-state index contributed by atoms with van der Waals surface area (Å²) in [4.78, 5) is 34.9. The molecule has 0 spiro atoms. The molecule has 0 atom stereocenters. The first kappa shape index (κ1) is 16.4. The van der Waals surface area contributed by atoms with Gasteiger partial charge in [-0.1, -0.05) is 11.6 Å². The Kier molecular flexibility index (Phi) is 4.02. The lowest BCUT2D eigenvalue weighted by Gasteiger charge is -2.09. The lowest BCUT2D eigenvalue weighted by molar-refractivity contribution is -0.136. The van der Waals surface area contributed by atoms with E-state index in [4.69, 9.17) is 16.7 Å². The number of thiazole rings is 1. The molecule has 6 nitrogen and oxygen atoms in total. The van der Waals surface area contributed by atoms with Gasteiger partial charge in [0.15, 0.2) is 0 Å². The number of hydrogen-bond acceptors (Lipinski definition) is 4. The molecule has 0 bridgehead atoms. The van der Waals surface area contributed by atoms with Crippen LogP contribution in [0.1, 0.15) is 22.5 Å². The molecule has 0 saturated carbocycles. The van der Waals surface area contributed by atoms with E-state index < -0.39 is 28.7 Å².